The van der Waals surface area contributed by atoms with Gasteiger partial charge >= 0.3 is 5.97 Å². The van der Waals surface area contributed by atoms with Crippen molar-refractivity contribution in [1.29, 1.82) is 0 Å². The van der Waals surface area contributed by atoms with Crippen molar-refractivity contribution in [1.82, 2.24) is 0 Å². The third-order valence-electron chi connectivity index (χ3n) is 3.11. The average molecular weight is 264 g/mol. The summed E-state index contributed by atoms with van der Waals surface area (Å²) in [6, 6.07) is 5.10. The Hall–Kier alpha value is -1.88. The number of anilines is 1. The molecule has 104 valence electrons. The molecule has 5 heteroatoms. The summed E-state index contributed by atoms with van der Waals surface area (Å²) in [4.78, 5) is 23.6. The summed E-state index contributed by atoms with van der Waals surface area (Å²) in [5.41, 5.74) is 6.61. The van der Waals surface area contributed by atoms with Gasteiger partial charge in [0.05, 0.1) is 18.1 Å². The van der Waals surface area contributed by atoms with Gasteiger partial charge in [0.25, 0.3) is 0 Å². The second-order valence-corrected chi connectivity index (χ2v) is 5.01. The fraction of sp³-hybridized carbons (Fsp3) is 0.429. The lowest BCUT2D eigenvalue weighted by molar-refractivity contribution is -0.123. The summed E-state index contributed by atoms with van der Waals surface area (Å²) >= 11 is 0. The Morgan fingerprint density at radius 2 is 2.00 bits per heavy atom. The van der Waals surface area contributed by atoms with Crippen LogP contribution >= 0.6 is 0 Å². The molecular formula is C14H20N2O3. The van der Waals surface area contributed by atoms with E-state index in [4.69, 9.17) is 10.5 Å². The van der Waals surface area contributed by atoms with Crippen molar-refractivity contribution >= 4 is 17.6 Å². The molecule has 0 bridgehead atoms. The highest BCUT2D eigenvalue weighted by Crippen LogP contribution is 2.22. The molecule has 1 aromatic carbocycles. The molecule has 0 heterocycles. The van der Waals surface area contributed by atoms with Crippen LogP contribution in [0.1, 0.15) is 29.8 Å². The lowest BCUT2D eigenvalue weighted by Gasteiger charge is -2.22. The van der Waals surface area contributed by atoms with E-state index in [0.717, 1.165) is 0 Å². The highest BCUT2D eigenvalue weighted by molar-refractivity contribution is 5.98. The van der Waals surface area contributed by atoms with Crippen LogP contribution in [-0.2, 0) is 9.53 Å². The van der Waals surface area contributed by atoms with E-state index >= 15 is 0 Å². The Morgan fingerprint density at radius 3 is 2.53 bits per heavy atom. The van der Waals surface area contributed by atoms with Crippen LogP contribution < -0.4 is 11.1 Å². The number of esters is 1. The second-order valence-electron chi connectivity index (χ2n) is 5.01. The van der Waals surface area contributed by atoms with Gasteiger partial charge in [-0.05, 0) is 38.5 Å². The first-order chi connectivity index (χ1) is 8.83. The monoisotopic (exact) mass is 264 g/mol. The molecular weight excluding hydrogens is 244 g/mol. The zero-order chi connectivity index (χ0) is 14.6. The molecule has 1 aromatic rings. The topological polar surface area (TPSA) is 81.4 Å². The molecule has 5 nitrogen and oxygen atoms in total. The van der Waals surface area contributed by atoms with Crippen LogP contribution in [0.2, 0.25) is 0 Å². The third kappa shape index (κ3) is 3.32. The molecule has 0 aliphatic heterocycles. The minimum atomic E-state index is -0.659. The Labute approximate surface area is 113 Å². The quantitative estimate of drug-likeness (QED) is 0.811. The fourth-order valence-corrected chi connectivity index (χ4v) is 1.49. The Kier molecular flexibility index (Phi) is 4.67. The molecule has 0 atom stereocenters. The molecule has 0 aliphatic carbocycles. The van der Waals surface area contributed by atoms with Crippen LogP contribution in [0.5, 0.6) is 0 Å². The number of nitrogens with one attached hydrogen (secondary N) is 1. The number of amides is 1. The van der Waals surface area contributed by atoms with Crippen LogP contribution in [0.4, 0.5) is 5.69 Å². The predicted octanol–water partition coefficient (Wildman–Crippen LogP) is 1.71. The summed E-state index contributed by atoms with van der Waals surface area (Å²) in [6.45, 7) is 5.54. The Morgan fingerprint density at radius 1 is 1.37 bits per heavy atom. The summed E-state index contributed by atoms with van der Waals surface area (Å²) in [7, 11) is 1.32. The Balaban J connectivity index is 3.04. The lowest BCUT2D eigenvalue weighted by atomic mass is 9.92. The summed E-state index contributed by atoms with van der Waals surface area (Å²) in [5, 5.41) is 2.79. The van der Waals surface area contributed by atoms with E-state index in [1.807, 2.05) is 0 Å². The van der Waals surface area contributed by atoms with E-state index in [1.54, 1.807) is 39.0 Å². The number of hydrogen-bond donors (Lipinski definition) is 2. The van der Waals surface area contributed by atoms with Gasteiger partial charge in [-0.1, -0.05) is 6.07 Å². The predicted molar refractivity (Wildman–Crippen MR) is 74.0 cm³/mol. The highest BCUT2D eigenvalue weighted by Gasteiger charge is 2.26. The van der Waals surface area contributed by atoms with Gasteiger partial charge in [0, 0.05) is 12.2 Å². The first-order valence-electron chi connectivity index (χ1n) is 6.03. The first-order valence-corrected chi connectivity index (χ1v) is 6.03. The zero-order valence-electron chi connectivity index (χ0n) is 11.7. The summed E-state index contributed by atoms with van der Waals surface area (Å²) in [5.74, 6) is -0.605. The van der Waals surface area contributed by atoms with E-state index < -0.39 is 11.4 Å². The molecule has 0 aliphatic rings. The Bertz CT molecular complexity index is 495. The van der Waals surface area contributed by atoms with Crippen molar-refractivity contribution in [2.45, 2.75) is 20.8 Å². The molecule has 0 saturated carbocycles. The van der Waals surface area contributed by atoms with Crippen molar-refractivity contribution in [2.75, 3.05) is 19.0 Å². The number of carbonyl (C=O) groups is 2. The molecule has 0 saturated heterocycles. The first kappa shape index (κ1) is 15.2. The molecule has 3 N–H and O–H groups in total. The fourth-order valence-electron chi connectivity index (χ4n) is 1.49. The normalized spacial score (nSPS) is 11.0. The minimum Gasteiger partial charge on any atom is -0.465 e. The van der Waals surface area contributed by atoms with Crippen molar-refractivity contribution in [3.05, 3.63) is 29.3 Å². The van der Waals surface area contributed by atoms with Crippen LogP contribution in [0, 0.1) is 12.3 Å². The number of nitrogens with two attached hydrogens (primary N) is 1. The van der Waals surface area contributed by atoms with Gasteiger partial charge in [-0.25, -0.2) is 4.79 Å². The summed E-state index contributed by atoms with van der Waals surface area (Å²) in [6.07, 6.45) is 0. The number of rotatable bonds is 4. The molecule has 0 radical (unpaired) electrons. The maximum absolute atomic E-state index is 12.1. The van der Waals surface area contributed by atoms with Crippen LogP contribution in [0.15, 0.2) is 18.2 Å². The van der Waals surface area contributed by atoms with E-state index in [9.17, 15) is 9.59 Å². The van der Waals surface area contributed by atoms with Gasteiger partial charge in [-0.15, -0.1) is 0 Å². The van der Waals surface area contributed by atoms with Gasteiger partial charge in [0.1, 0.15) is 0 Å². The van der Waals surface area contributed by atoms with E-state index in [1.165, 1.54) is 7.11 Å². The van der Waals surface area contributed by atoms with Gasteiger partial charge in [-0.2, -0.15) is 0 Å². The average Bonchev–Trinajstić information content (AvgIpc) is 2.40. The van der Waals surface area contributed by atoms with Crippen molar-refractivity contribution in [3.8, 4) is 0 Å². The molecule has 1 amide bonds. The van der Waals surface area contributed by atoms with Crippen molar-refractivity contribution < 1.29 is 14.3 Å². The van der Waals surface area contributed by atoms with Gasteiger partial charge in [-0.3, -0.25) is 4.79 Å². The SMILES string of the molecule is COC(=O)c1cccc(NC(=O)C(C)(C)CN)c1C. The van der Waals surface area contributed by atoms with Gasteiger partial charge in [0.15, 0.2) is 0 Å². The molecule has 19 heavy (non-hydrogen) atoms. The maximum atomic E-state index is 12.1. The van der Waals surface area contributed by atoms with Gasteiger partial charge in [0.2, 0.25) is 5.91 Å². The van der Waals surface area contributed by atoms with Crippen molar-refractivity contribution in [3.63, 3.8) is 0 Å². The van der Waals surface area contributed by atoms with Gasteiger partial charge < -0.3 is 15.8 Å². The summed E-state index contributed by atoms with van der Waals surface area (Å²) < 4.78 is 4.69. The number of hydrogen-bond acceptors (Lipinski definition) is 4. The molecule has 1 rings (SSSR count). The largest absolute Gasteiger partial charge is 0.465 e. The molecule has 0 spiro atoms. The second kappa shape index (κ2) is 5.84. The standard InChI is InChI=1S/C14H20N2O3/c1-9-10(12(17)19-4)6-5-7-11(9)16-13(18)14(2,3)8-15/h5-7H,8,15H2,1-4H3,(H,16,18). The lowest BCUT2D eigenvalue weighted by Crippen LogP contribution is -2.37. The molecule has 0 unspecified atom stereocenters. The number of methoxy groups -OCH3 is 1. The van der Waals surface area contributed by atoms with E-state index in [2.05, 4.69) is 5.32 Å². The van der Waals surface area contributed by atoms with E-state index in [0.29, 0.717) is 16.8 Å². The molecule has 0 aromatic heterocycles. The van der Waals surface area contributed by atoms with Crippen LogP contribution in [-0.4, -0.2) is 25.5 Å². The van der Waals surface area contributed by atoms with Crippen molar-refractivity contribution in [2.24, 2.45) is 11.1 Å². The molecule has 0 fully saturated rings. The van der Waals surface area contributed by atoms with E-state index in [-0.39, 0.29) is 12.5 Å². The third-order valence-corrected chi connectivity index (χ3v) is 3.11. The highest BCUT2D eigenvalue weighted by atomic mass is 16.5. The maximum Gasteiger partial charge on any atom is 0.338 e. The zero-order valence-corrected chi connectivity index (χ0v) is 11.7. The van der Waals surface area contributed by atoms with Crippen LogP contribution in [0.25, 0.3) is 0 Å². The minimum absolute atomic E-state index is 0.180. The number of ether oxygens (including phenoxy) is 1. The number of carbonyl (C=O) groups excluding carboxylic acids is 2. The van der Waals surface area contributed by atoms with Crippen LogP contribution in [0.3, 0.4) is 0 Å². The smallest absolute Gasteiger partial charge is 0.338 e. The number of benzene rings is 1.